The molecule has 1 amide bonds. The molecule has 29 heavy (non-hydrogen) atoms. The molecule has 0 spiro atoms. The summed E-state index contributed by atoms with van der Waals surface area (Å²) in [6.45, 7) is 5.62. The molecule has 150 valence electrons. The molecular formula is C22H22BrN3O2S. The summed E-state index contributed by atoms with van der Waals surface area (Å²) in [4.78, 5) is 13.9. The van der Waals surface area contributed by atoms with E-state index in [4.69, 9.17) is 4.74 Å². The summed E-state index contributed by atoms with van der Waals surface area (Å²) in [6, 6.07) is 13.8. The van der Waals surface area contributed by atoms with E-state index >= 15 is 0 Å². The first-order valence-electron chi connectivity index (χ1n) is 9.67. The number of ether oxygens (including phenoxy) is 1. The molecule has 1 aromatic heterocycles. The Morgan fingerprint density at radius 2 is 1.97 bits per heavy atom. The fourth-order valence-electron chi connectivity index (χ4n) is 3.21. The lowest BCUT2D eigenvalue weighted by Gasteiger charge is -2.18. The van der Waals surface area contributed by atoms with E-state index in [2.05, 4.69) is 40.0 Å². The van der Waals surface area contributed by atoms with Gasteiger partial charge in [-0.05, 0) is 42.8 Å². The van der Waals surface area contributed by atoms with Gasteiger partial charge in [0.1, 0.15) is 21.5 Å². The monoisotopic (exact) mass is 471 g/mol. The fraction of sp³-hybridized carbons (Fsp3) is 0.318. The average molecular weight is 472 g/mol. The molecular weight excluding hydrogens is 450 g/mol. The molecule has 4 rings (SSSR count). The van der Waals surface area contributed by atoms with Crippen LogP contribution in [-0.4, -0.2) is 27.5 Å². The second kappa shape index (κ2) is 8.63. The van der Waals surface area contributed by atoms with Crippen LogP contribution in [0.15, 0.2) is 46.9 Å². The molecule has 1 saturated heterocycles. The predicted molar refractivity (Wildman–Crippen MR) is 118 cm³/mol. The van der Waals surface area contributed by atoms with Crippen molar-refractivity contribution in [3.8, 4) is 22.1 Å². The number of halogens is 1. The van der Waals surface area contributed by atoms with Crippen molar-refractivity contribution in [1.82, 2.24) is 15.1 Å². The maximum absolute atomic E-state index is 12.0. The third-order valence-electron chi connectivity index (χ3n) is 4.83. The summed E-state index contributed by atoms with van der Waals surface area (Å²) in [5.74, 6) is 2.08. The molecule has 3 aromatic rings. The van der Waals surface area contributed by atoms with Crippen LogP contribution in [0.1, 0.15) is 43.2 Å². The topological polar surface area (TPSA) is 55.3 Å². The standard InChI is InChI=1S/C22H22BrN3O2S/c1-14(2)21-24-25-22(29-21)15-6-9-18(10-7-15)28-19-12-17(23)8-5-16(19)13-26-11-3-4-20(26)27/h5-10,12,14H,3-4,11,13H2,1-2H3. The van der Waals surface area contributed by atoms with Gasteiger partial charge in [0, 0.05) is 41.0 Å². The van der Waals surface area contributed by atoms with Gasteiger partial charge in [0.2, 0.25) is 5.91 Å². The summed E-state index contributed by atoms with van der Waals surface area (Å²) in [5.41, 5.74) is 2.03. The summed E-state index contributed by atoms with van der Waals surface area (Å²) in [6.07, 6.45) is 1.56. The second-order valence-electron chi connectivity index (χ2n) is 7.40. The van der Waals surface area contributed by atoms with Gasteiger partial charge >= 0.3 is 0 Å². The SMILES string of the molecule is CC(C)c1nnc(-c2ccc(Oc3cc(Br)ccc3CN3CCCC3=O)cc2)s1. The van der Waals surface area contributed by atoms with Crippen molar-refractivity contribution in [2.45, 2.75) is 39.2 Å². The van der Waals surface area contributed by atoms with E-state index in [0.29, 0.717) is 18.9 Å². The Morgan fingerprint density at radius 1 is 1.17 bits per heavy atom. The summed E-state index contributed by atoms with van der Waals surface area (Å²) >= 11 is 5.14. The number of benzene rings is 2. The minimum Gasteiger partial charge on any atom is -0.457 e. The van der Waals surface area contributed by atoms with Gasteiger partial charge < -0.3 is 9.64 Å². The number of hydrogen-bond acceptors (Lipinski definition) is 5. The third kappa shape index (κ3) is 4.67. The molecule has 0 radical (unpaired) electrons. The zero-order chi connectivity index (χ0) is 20.4. The van der Waals surface area contributed by atoms with Crippen LogP contribution in [0.4, 0.5) is 0 Å². The van der Waals surface area contributed by atoms with E-state index < -0.39 is 0 Å². The van der Waals surface area contributed by atoms with Gasteiger partial charge in [0.15, 0.2) is 0 Å². The van der Waals surface area contributed by atoms with Crippen LogP contribution in [-0.2, 0) is 11.3 Å². The molecule has 0 unspecified atom stereocenters. The minimum absolute atomic E-state index is 0.209. The highest BCUT2D eigenvalue weighted by Gasteiger charge is 2.21. The van der Waals surface area contributed by atoms with Gasteiger partial charge in [-0.2, -0.15) is 0 Å². The zero-order valence-electron chi connectivity index (χ0n) is 16.4. The Hall–Kier alpha value is -2.25. The van der Waals surface area contributed by atoms with Gasteiger partial charge in [0.05, 0.1) is 0 Å². The Kier molecular flexibility index (Phi) is 5.96. The largest absolute Gasteiger partial charge is 0.457 e. The highest BCUT2D eigenvalue weighted by atomic mass is 79.9. The maximum atomic E-state index is 12.0. The highest BCUT2D eigenvalue weighted by molar-refractivity contribution is 9.10. The number of aromatic nitrogens is 2. The molecule has 5 nitrogen and oxygen atoms in total. The van der Waals surface area contributed by atoms with Gasteiger partial charge in [-0.25, -0.2) is 0 Å². The van der Waals surface area contributed by atoms with Crippen LogP contribution in [0.25, 0.3) is 10.6 Å². The number of carbonyl (C=O) groups is 1. The Bertz CT molecular complexity index is 1020. The number of likely N-dealkylation sites (tertiary alicyclic amines) is 1. The molecule has 7 heteroatoms. The third-order valence-corrected chi connectivity index (χ3v) is 6.59. The van der Waals surface area contributed by atoms with Crippen LogP contribution in [0.2, 0.25) is 0 Å². The molecule has 0 atom stereocenters. The second-order valence-corrected chi connectivity index (χ2v) is 9.32. The lowest BCUT2D eigenvalue weighted by Crippen LogP contribution is -2.24. The van der Waals surface area contributed by atoms with Gasteiger partial charge in [0.25, 0.3) is 0 Å². The molecule has 0 aliphatic carbocycles. The first-order valence-corrected chi connectivity index (χ1v) is 11.3. The first kappa shape index (κ1) is 20.0. The van der Waals surface area contributed by atoms with Gasteiger partial charge in [-0.1, -0.05) is 47.2 Å². The van der Waals surface area contributed by atoms with Gasteiger partial charge in [-0.3, -0.25) is 4.79 Å². The molecule has 0 saturated carbocycles. The average Bonchev–Trinajstić information content (AvgIpc) is 3.34. The van der Waals surface area contributed by atoms with Gasteiger partial charge in [-0.15, -0.1) is 10.2 Å². The smallest absolute Gasteiger partial charge is 0.222 e. The summed E-state index contributed by atoms with van der Waals surface area (Å²) < 4.78 is 7.11. The Morgan fingerprint density at radius 3 is 2.62 bits per heavy atom. The molecule has 0 N–H and O–H groups in total. The van der Waals surface area contributed by atoms with Crippen LogP contribution in [0.3, 0.4) is 0 Å². The van der Waals surface area contributed by atoms with Crippen LogP contribution < -0.4 is 4.74 Å². The van der Waals surface area contributed by atoms with Crippen molar-refractivity contribution >= 4 is 33.2 Å². The summed E-state index contributed by atoms with van der Waals surface area (Å²) in [5, 5.41) is 10.5. The van der Waals surface area contributed by atoms with Crippen LogP contribution in [0, 0.1) is 0 Å². The quantitative estimate of drug-likeness (QED) is 0.441. The molecule has 1 fully saturated rings. The number of carbonyl (C=O) groups excluding carboxylic acids is 1. The molecule has 1 aliphatic heterocycles. The van der Waals surface area contributed by atoms with Crippen molar-refractivity contribution in [3.63, 3.8) is 0 Å². The molecule has 2 heterocycles. The molecule has 2 aromatic carbocycles. The first-order chi connectivity index (χ1) is 14.0. The molecule has 1 aliphatic rings. The number of amides is 1. The number of hydrogen-bond donors (Lipinski definition) is 0. The number of nitrogens with zero attached hydrogens (tertiary/aromatic N) is 3. The van der Waals surface area contributed by atoms with E-state index in [0.717, 1.165) is 50.1 Å². The molecule has 0 bridgehead atoms. The minimum atomic E-state index is 0.209. The van der Waals surface area contributed by atoms with E-state index in [-0.39, 0.29) is 5.91 Å². The predicted octanol–water partition coefficient (Wildman–Crippen LogP) is 6.01. The fourth-order valence-corrected chi connectivity index (χ4v) is 4.40. The van der Waals surface area contributed by atoms with Crippen LogP contribution in [0.5, 0.6) is 11.5 Å². The summed E-state index contributed by atoms with van der Waals surface area (Å²) in [7, 11) is 0. The normalized spacial score (nSPS) is 14.1. The van der Waals surface area contributed by atoms with E-state index in [1.54, 1.807) is 11.3 Å². The van der Waals surface area contributed by atoms with E-state index in [9.17, 15) is 4.79 Å². The Balaban J connectivity index is 1.52. The number of rotatable bonds is 6. The van der Waals surface area contributed by atoms with E-state index in [1.807, 2.05) is 47.4 Å². The van der Waals surface area contributed by atoms with Crippen molar-refractivity contribution in [3.05, 3.63) is 57.5 Å². The van der Waals surface area contributed by atoms with Crippen molar-refractivity contribution in [2.75, 3.05) is 6.54 Å². The lowest BCUT2D eigenvalue weighted by atomic mass is 10.2. The van der Waals surface area contributed by atoms with Crippen LogP contribution >= 0.6 is 27.3 Å². The van der Waals surface area contributed by atoms with Crippen molar-refractivity contribution in [1.29, 1.82) is 0 Å². The van der Waals surface area contributed by atoms with E-state index in [1.165, 1.54) is 0 Å². The Labute approximate surface area is 182 Å². The highest BCUT2D eigenvalue weighted by Crippen LogP contribution is 2.33. The zero-order valence-corrected chi connectivity index (χ0v) is 18.8. The van der Waals surface area contributed by atoms with Crippen molar-refractivity contribution < 1.29 is 9.53 Å². The maximum Gasteiger partial charge on any atom is 0.222 e. The van der Waals surface area contributed by atoms with Crippen molar-refractivity contribution in [2.24, 2.45) is 0 Å². The lowest BCUT2D eigenvalue weighted by molar-refractivity contribution is -0.128.